The zero-order chi connectivity index (χ0) is 15.8. The Morgan fingerprint density at radius 2 is 1.71 bits per heavy atom. The largest absolute Gasteiger partial charge is 0.496 e. The lowest BCUT2D eigenvalue weighted by Crippen LogP contribution is -2.32. The molecule has 0 spiro atoms. The summed E-state index contributed by atoms with van der Waals surface area (Å²) in [4.78, 5) is 2.23. The van der Waals surface area contributed by atoms with Crippen molar-refractivity contribution in [3.05, 3.63) is 17.7 Å². The van der Waals surface area contributed by atoms with Gasteiger partial charge in [0.1, 0.15) is 17.2 Å². The fourth-order valence-corrected chi connectivity index (χ4v) is 2.74. The van der Waals surface area contributed by atoms with E-state index in [0.717, 1.165) is 29.4 Å². The Morgan fingerprint density at radius 1 is 1.14 bits per heavy atom. The van der Waals surface area contributed by atoms with E-state index in [-0.39, 0.29) is 6.04 Å². The molecule has 0 heterocycles. The second-order valence-electron chi connectivity index (χ2n) is 4.67. The van der Waals surface area contributed by atoms with Crippen LogP contribution in [-0.4, -0.2) is 58.4 Å². The van der Waals surface area contributed by atoms with E-state index in [0.29, 0.717) is 12.3 Å². The van der Waals surface area contributed by atoms with E-state index >= 15 is 0 Å². The summed E-state index contributed by atoms with van der Waals surface area (Å²) in [5, 5.41) is 0. The average molecular weight is 314 g/mol. The average Bonchev–Trinajstić information content (AvgIpc) is 2.53. The molecule has 0 amide bonds. The molecule has 1 atom stereocenters. The summed E-state index contributed by atoms with van der Waals surface area (Å²) in [5.41, 5.74) is 6.97. The lowest BCUT2D eigenvalue weighted by atomic mass is 10.0. The smallest absolute Gasteiger partial charge is 0.131 e. The Morgan fingerprint density at radius 3 is 2.10 bits per heavy atom. The lowest BCUT2D eigenvalue weighted by Gasteiger charge is -2.29. The van der Waals surface area contributed by atoms with Crippen LogP contribution in [0.25, 0.3) is 0 Å². The van der Waals surface area contributed by atoms with Crippen molar-refractivity contribution in [3.63, 3.8) is 0 Å². The topological polar surface area (TPSA) is 57.0 Å². The standard InChI is InChI=1S/C15H26N2O3S/c1-17(6-7-21-5)12(10-16)15-13(19-3)8-11(18-2)9-14(15)20-4/h8-9,12H,6-7,10,16H2,1-5H3. The normalized spacial score (nSPS) is 12.3. The number of ether oxygens (including phenoxy) is 3. The summed E-state index contributed by atoms with van der Waals surface area (Å²) in [6.45, 7) is 1.44. The van der Waals surface area contributed by atoms with Crippen LogP contribution in [0.1, 0.15) is 11.6 Å². The number of rotatable bonds is 9. The highest BCUT2D eigenvalue weighted by molar-refractivity contribution is 7.98. The van der Waals surface area contributed by atoms with Crippen molar-refractivity contribution in [1.29, 1.82) is 0 Å². The van der Waals surface area contributed by atoms with Gasteiger partial charge < -0.3 is 19.9 Å². The Hall–Kier alpha value is -1.11. The number of hydrogen-bond acceptors (Lipinski definition) is 6. The van der Waals surface area contributed by atoms with Crippen LogP contribution in [0.15, 0.2) is 12.1 Å². The van der Waals surface area contributed by atoms with Crippen LogP contribution in [0, 0.1) is 0 Å². The summed E-state index contributed by atoms with van der Waals surface area (Å²) in [5.74, 6) is 3.22. The fraction of sp³-hybridized carbons (Fsp3) is 0.600. The van der Waals surface area contributed by atoms with Crippen molar-refractivity contribution in [2.45, 2.75) is 6.04 Å². The Kier molecular flexibility index (Phi) is 7.71. The van der Waals surface area contributed by atoms with Gasteiger partial charge in [0.05, 0.1) is 32.9 Å². The summed E-state index contributed by atoms with van der Waals surface area (Å²) in [6.07, 6.45) is 2.10. The quantitative estimate of drug-likeness (QED) is 0.752. The number of benzene rings is 1. The molecule has 1 unspecified atom stereocenters. The van der Waals surface area contributed by atoms with Crippen molar-refractivity contribution in [2.24, 2.45) is 5.73 Å². The zero-order valence-electron chi connectivity index (χ0n) is 13.5. The molecule has 0 saturated heterocycles. The molecule has 6 heteroatoms. The van der Waals surface area contributed by atoms with Crippen molar-refractivity contribution in [3.8, 4) is 17.2 Å². The molecule has 1 aromatic rings. The summed E-state index contributed by atoms with van der Waals surface area (Å²) >= 11 is 1.81. The highest BCUT2D eigenvalue weighted by Gasteiger charge is 2.24. The van der Waals surface area contributed by atoms with Gasteiger partial charge in [-0.15, -0.1) is 0 Å². The third kappa shape index (κ3) is 4.43. The van der Waals surface area contributed by atoms with Gasteiger partial charge in [0.25, 0.3) is 0 Å². The highest BCUT2D eigenvalue weighted by atomic mass is 32.2. The van der Waals surface area contributed by atoms with Crippen molar-refractivity contribution >= 4 is 11.8 Å². The summed E-state index contributed by atoms with van der Waals surface area (Å²) < 4.78 is 16.3. The number of likely N-dealkylation sites (N-methyl/N-ethyl adjacent to an activating group) is 1. The number of methoxy groups -OCH3 is 3. The van der Waals surface area contributed by atoms with Gasteiger partial charge in [0.15, 0.2) is 0 Å². The monoisotopic (exact) mass is 314 g/mol. The van der Waals surface area contributed by atoms with E-state index in [4.69, 9.17) is 19.9 Å². The Bertz CT molecular complexity index is 418. The molecule has 0 radical (unpaired) electrons. The van der Waals surface area contributed by atoms with Gasteiger partial charge in [-0.2, -0.15) is 11.8 Å². The Labute approximate surface area is 131 Å². The molecule has 2 N–H and O–H groups in total. The van der Waals surface area contributed by atoms with Gasteiger partial charge in [0, 0.05) is 31.0 Å². The van der Waals surface area contributed by atoms with Gasteiger partial charge in [-0.05, 0) is 13.3 Å². The highest BCUT2D eigenvalue weighted by Crippen LogP contribution is 2.39. The van der Waals surface area contributed by atoms with E-state index in [1.807, 2.05) is 23.9 Å². The van der Waals surface area contributed by atoms with E-state index in [9.17, 15) is 0 Å². The van der Waals surface area contributed by atoms with Crippen LogP contribution in [-0.2, 0) is 0 Å². The minimum Gasteiger partial charge on any atom is -0.496 e. The van der Waals surface area contributed by atoms with Crippen molar-refractivity contribution in [1.82, 2.24) is 4.90 Å². The molecule has 1 rings (SSSR count). The molecule has 5 nitrogen and oxygen atoms in total. The van der Waals surface area contributed by atoms with E-state index < -0.39 is 0 Å². The molecule has 21 heavy (non-hydrogen) atoms. The predicted molar refractivity (Wildman–Crippen MR) is 88.9 cm³/mol. The maximum absolute atomic E-state index is 6.00. The SMILES string of the molecule is COc1cc(OC)c(C(CN)N(C)CCSC)c(OC)c1. The first-order valence-corrected chi connectivity index (χ1v) is 8.21. The molecule has 0 aliphatic carbocycles. The maximum Gasteiger partial charge on any atom is 0.131 e. The molecule has 0 bridgehead atoms. The van der Waals surface area contributed by atoms with Crippen molar-refractivity contribution < 1.29 is 14.2 Å². The molecular weight excluding hydrogens is 288 g/mol. The molecule has 0 fully saturated rings. The molecule has 120 valence electrons. The first-order valence-electron chi connectivity index (χ1n) is 6.82. The van der Waals surface area contributed by atoms with Gasteiger partial charge in [-0.1, -0.05) is 0 Å². The predicted octanol–water partition coefficient (Wildman–Crippen LogP) is 2.01. The molecule has 0 aliphatic rings. The van der Waals surface area contributed by atoms with E-state index in [2.05, 4.69) is 18.2 Å². The number of thioether (sulfide) groups is 1. The molecular formula is C15H26N2O3S. The summed E-state index contributed by atoms with van der Waals surface area (Å²) in [6, 6.07) is 3.76. The minimum absolute atomic E-state index is 0.0351. The number of hydrogen-bond donors (Lipinski definition) is 1. The molecule has 0 aromatic heterocycles. The summed E-state index contributed by atoms with van der Waals surface area (Å²) in [7, 11) is 6.98. The second-order valence-corrected chi connectivity index (χ2v) is 5.66. The van der Waals surface area contributed by atoms with Crippen LogP contribution < -0.4 is 19.9 Å². The number of nitrogens with zero attached hydrogens (tertiary/aromatic N) is 1. The first-order chi connectivity index (χ1) is 10.1. The zero-order valence-corrected chi connectivity index (χ0v) is 14.3. The molecule has 0 saturated carbocycles. The van der Waals surface area contributed by atoms with Crippen LogP contribution in [0.5, 0.6) is 17.2 Å². The molecule has 0 aliphatic heterocycles. The van der Waals surface area contributed by atoms with Crippen LogP contribution >= 0.6 is 11.8 Å². The lowest BCUT2D eigenvalue weighted by molar-refractivity contribution is 0.250. The van der Waals surface area contributed by atoms with Crippen LogP contribution in [0.4, 0.5) is 0 Å². The van der Waals surface area contributed by atoms with Crippen LogP contribution in [0.2, 0.25) is 0 Å². The Balaban J connectivity index is 3.23. The van der Waals surface area contributed by atoms with Crippen molar-refractivity contribution in [2.75, 3.05) is 53.5 Å². The molecule has 1 aromatic carbocycles. The van der Waals surface area contributed by atoms with Crippen LogP contribution in [0.3, 0.4) is 0 Å². The second kappa shape index (κ2) is 9.02. The van der Waals surface area contributed by atoms with E-state index in [1.54, 1.807) is 21.3 Å². The minimum atomic E-state index is 0.0351. The van der Waals surface area contributed by atoms with Gasteiger partial charge in [-0.3, -0.25) is 4.90 Å². The number of nitrogens with two attached hydrogens (primary N) is 1. The van der Waals surface area contributed by atoms with Gasteiger partial charge >= 0.3 is 0 Å². The first kappa shape index (κ1) is 17.9. The van der Waals surface area contributed by atoms with Gasteiger partial charge in [-0.25, -0.2) is 0 Å². The third-order valence-electron chi connectivity index (χ3n) is 3.49. The third-order valence-corrected chi connectivity index (χ3v) is 4.08. The maximum atomic E-state index is 6.00. The van der Waals surface area contributed by atoms with Gasteiger partial charge in [0.2, 0.25) is 0 Å². The fourth-order valence-electron chi connectivity index (χ4n) is 2.27. The van der Waals surface area contributed by atoms with E-state index in [1.165, 1.54) is 0 Å².